The van der Waals surface area contributed by atoms with Gasteiger partial charge in [-0.2, -0.15) is 0 Å². The monoisotopic (exact) mass is 250 g/mol. The van der Waals surface area contributed by atoms with Crippen LogP contribution in [0.5, 0.6) is 5.75 Å². The molecule has 18 heavy (non-hydrogen) atoms. The summed E-state index contributed by atoms with van der Waals surface area (Å²) in [5, 5.41) is 7.88. The van der Waals surface area contributed by atoms with E-state index in [9.17, 15) is 4.39 Å². The fourth-order valence-corrected chi connectivity index (χ4v) is 1.55. The number of hydrogen-bond acceptors (Lipinski definition) is 4. The predicted molar refractivity (Wildman–Crippen MR) is 64.4 cm³/mol. The quantitative estimate of drug-likeness (QED) is 0.888. The third kappa shape index (κ3) is 2.65. The molecule has 0 amide bonds. The molecule has 1 aromatic heterocycles. The van der Waals surface area contributed by atoms with Crippen molar-refractivity contribution in [3.63, 3.8) is 0 Å². The summed E-state index contributed by atoms with van der Waals surface area (Å²) in [7, 11) is 1.85. The molecule has 0 radical (unpaired) electrons. The van der Waals surface area contributed by atoms with Gasteiger partial charge < -0.3 is 15.0 Å². The average Bonchev–Trinajstić information content (AvgIpc) is 2.67. The lowest BCUT2D eigenvalue weighted by Gasteiger charge is -2.07. The lowest BCUT2D eigenvalue weighted by Crippen LogP contribution is -2.05. The highest BCUT2D eigenvalue weighted by molar-refractivity contribution is 5.29. The number of halogens is 1. The molecule has 2 rings (SSSR count). The molecule has 6 heteroatoms. The molecule has 5 nitrogen and oxygen atoms in total. The number of aromatic nitrogens is 3. The molecule has 2 aromatic rings. The third-order valence-corrected chi connectivity index (χ3v) is 2.72. The van der Waals surface area contributed by atoms with Gasteiger partial charge in [-0.3, -0.25) is 0 Å². The SMILES string of the molecule is Cc1nnc(COc2cc(F)cc(CN)c2)n1C. The van der Waals surface area contributed by atoms with Crippen LogP contribution in [0.15, 0.2) is 18.2 Å². The Morgan fingerprint density at radius 2 is 2.11 bits per heavy atom. The van der Waals surface area contributed by atoms with Gasteiger partial charge in [0.15, 0.2) is 5.82 Å². The predicted octanol–water partition coefficient (Wildman–Crippen LogP) is 1.30. The van der Waals surface area contributed by atoms with Gasteiger partial charge in [0, 0.05) is 19.7 Å². The highest BCUT2D eigenvalue weighted by atomic mass is 19.1. The van der Waals surface area contributed by atoms with Crippen molar-refractivity contribution in [1.29, 1.82) is 0 Å². The van der Waals surface area contributed by atoms with Crippen molar-refractivity contribution in [2.75, 3.05) is 0 Å². The summed E-state index contributed by atoms with van der Waals surface area (Å²) >= 11 is 0. The van der Waals surface area contributed by atoms with Crippen LogP contribution in [-0.4, -0.2) is 14.8 Å². The zero-order valence-electron chi connectivity index (χ0n) is 10.4. The summed E-state index contributed by atoms with van der Waals surface area (Å²) < 4.78 is 20.6. The second kappa shape index (κ2) is 5.14. The van der Waals surface area contributed by atoms with E-state index >= 15 is 0 Å². The molecule has 0 unspecified atom stereocenters. The molecule has 1 aromatic carbocycles. The summed E-state index contributed by atoms with van der Waals surface area (Å²) in [6.07, 6.45) is 0. The minimum Gasteiger partial charge on any atom is -0.485 e. The van der Waals surface area contributed by atoms with E-state index in [1.54, 1.807) is 6.07 Å². The number of hydrogen-bond donors (Lipinski definition) is 1. The van der Waals surface area contributed by atoms with E-state index in [0.717, 1.165) is 5.82 Å². The van der Waals surface area contributed by atoms with Gasteiger partial charge in [-0.15, -0.1) is 10.2 Å². The van der Waals surface area contributed by atoms with Gasteiger partial charge in [0.2, 0.25) is 0 Å². The number of ether oxygens (including phenoxy) is 1. The maximum atomic E-state index is 13.3. The van der Waals surface area contributed by atoms with E-state index in [-0.39, 0.29) is 19.0 Å². The van der Waals surface area contributed by atoms with E-state index in [2.05, 4.69) is 10.2 Å². The van der Waals surface area contributed by atoms with Crippen LogP contribution in [0, 0.1) is 12.7 Å². The number of nitrogens with two attached hydrogens (primary N) is 1. The van der Waals surface area contributed by atoms with Gasteiger partial charge in [-0.05, 0) is 24.6 Å². The second-order valence-corrected chi connectivity index (χ2v) is 4.01. The van der Waals surface area contributed by atoms with Crippen LogP contribution in [0.4, 0.5) is 4.39 Å². The molecule has 0 aliphatic heterocycles. The van der Waals surface area contributed by atoms with E-state index < -0.39 is 0 Å². The maximum absolute atomic E-state index is 13.3. The average molecular weight is 250 g/mol. The van der Waals surface area contributed by atoms with Gasteiger partial charge in [0.1, 0.15) is 24.0 Å². The number of benzene rings is 1. The van der Waals surface area contributed by atoms with Crippen molar-refractivity contribution < 1.29 is 9.13 Å². The summed E-state index contributed by atoms with van der Waals surface area (Å²) in [6, 6.07) is 4.42. The number of aryl methyl sites for hydroxylation is 1. The minimum atomic E-state index is -0.359. The Balaban J connectivity index is 2.10. The topological polar surface area (TPSA) is 66.0 Å². The van der Waals surface area contributed by atoms with E-state index in [4.69, 9.17) is 10.5 Å². The number of nitrogens with zero attached hydrogens (tertiary/aromatic N) is 3. The lowest BCUT2D eigenvalue weighted by atomic mass is 10.2. The van der Waals surface area contributed by atoms with Crippen molar-refractivity contribution in [3.05, 3.63) is 41.2 Å². The van der Waals surface area contributed by atoms with E-state index in [1.165, 1.54) is 12.1 Å². The molecular formula is C12H15FN4O. The van der Waals surface area contributed by atoms with Crippen LogP contribution in [0.3, 0.4) is 0 Å². The normalized spacial score (nSPS) is 10.7. The zero-order valence-corrected chi connectivity index (χ0v) is 10.4. The number of rotatable bonds is 4. The molecular weight excluding hydrogens is 235 g/mol. The smallest absolute Gasteiger partial charge is 0.170 e. The Kier molecular flexibility index (Phi) is 3.57. The fraction of sp³-hybridized carbons (Fsp3) is 0.333. The van der Waals surface area contributed by atoms with E-state index in [1.807, 2.05) is 18.5 Å². The largest absolute Gasteiger partial charge is 0.485 e. The first-order chi connectivity index (χ1) is 8.60. The van der Waals surface area contributed by atoms with Crippen LogP contribution in [0.25, 0.3) is 0 Å². The van der Waals surface area contributed by atoms with E-state index in [0.29, 0.717) is 17.1 Å². The van der Waals surface area contributed by atoms with Crippen LogP contribution in [0.1, 0.15) is 17.2 Å². The summed E-state index contributed by atoms with van der Waals surface area (Å²) in [6.45, 7) is 2.37. The van der Waals surface area contributed by atoms with Gasteiger partial charge >= 0.3 is 0 Å². The van der Waals surface area contributed by atoms with Crippen molar-refractivity contribution in [1.82, 2.24) is 14.8 Å². The molecule has 96 valence electrons. The Morgan fingerprint density at radius 3 is 2.72 bits per heavy atom. The molecule has 0 bridgehead atoms. The standard InChI is InChI=1S/C12H15FN4O/c1-8-15-16-12(17(8)2)7-18-11-4-9(6-14)3-10(13)5-11/h3-5H,6-7,14H2,1-2H3. The molecule has 0 aliphatic carbocycles. The van der Waals surface area contributed by atoms with Gasteiger partial charge in [0.25, 0.3) is 0 Å². The van der Waals surface area contributed by atoms with Gasteiger partial charge in [-0.25, -0.2) is 4.39 Å². The summed E-state index contributed by atoms with van der Waals surface area (Å²) in [4.78, 5) is 0. The maximum Gasteiger partial charge on any atom is 0.170 e. The highest BCUT2D eigenvalue weighted by Gasteiger charge is 2.06. The molecule has 1 heterocycles. The van der Waals surface area contributed by atoms with Crippen molar-refractivity contribution in [3.8, 4) is 5.75 Å². The first kappa shape index (κ1) is 12.5. The molecule has 2 N–H and O–H groups in total. The zero-order chi connectivity index (χ0) is 13.1. The molecule has 0 aliphatic rings. The Hall–Kier alpha value is -1.95. The van der Waals surface area contributed by atoms with Crippen LogP contribution >= 0.6 is 0 Å². The Bertz CT molecular complexity index is 553. The summed E-state index contributed by atoms with van der Waals surface area (Å²) in [5.41, 5.74) is 6.17. The van der Waals surface area contributed by atoms with Crippen LogP contribution in [-0.2, 0) is 20.2 Å². The molecule has 0 atom stereocenters. The van der Waals surface area contributed by atoms with Crippen LogP contribution < -0.4 is 10.5 Å². The van der Waals surface area contributed by atoms with Crippen molar-refractivity contribution >= 4 is 0 Å². The first-order valence-electron chi connectivity index (χ1n) is 5.57. The molecule has 0 fully saturated rings. The fourth-order valence-electron chi connectivity index (χ4n) is 1.55. The first-order valence-corrected chi connectivity index (χ1v) is 5.57. The molecule has 0 saturated carbocycles. The Labute approximate surface area is 104 Å². The lowest BCUT2D eigenvalue weighted by molar-refractivity contribution is 0.289. The van der Waals surface area contributed by atoms with Gasteiger partial charge in [-0.1, -0.05) is 0 Å². The van der Waals surface area contributed by atoms with Crippen molar-refractivity contribution in [2.24, 2.45) is 12.8 Å². The summed E-state index contributed by atoms with van der Waals surface area (Å²) in [5.74, 6) is 1.57. The minimum absolute atomic E-state index is 0.241. The molecule has 0 spiro atoms. The van der Waals surface area contributed by atoms with Crippen LogP contribution in [0.2, 0.25) is 0 Å². The third-order valence-electron chi connectivity index (χ3n) is 2.72. The Morgan fingerprint density at radius 1 is 1.33 bits per heavy atom. The second-order valence-electron chi connectivity index (χ2n) is 4.01. The molecule has 0 saturated heterocycles. The van der Waals surface area contributed by atoms with Crippen molar-refractivity contribution in [2.45, 2.75) is 20.1 Å². The highest BCUT2D eigenvalue weighted by Crippen LogP contribution is 2.17. The van der Waals surface area contributed by atoms with Gasteiger partial charge in [0.05, 0.1) is 0 Å².